The van der Waals surface area contributed by atoms with Crippen molar-refractivity contribution in [2.24, 2.45) is 11.7 Å². The molecule has 3 rings (SSSR count). The first-order valence-electron chi connectivity index (χ1n) is 8.68. The summed E-state index contributed by atoms with van der Waals surface area (Å²) in [6, 6.07) is 15.0. The fraction of sp³-hybridized carbons (Fsp3) is 0.316. The van der Waals surface area contributed by atoms with E-state index in [4.69, 9.17) is 5.73 Å². The Morgan fingerprint density at radius 3 is 2.46 bits per heavy atom. The van der Waals surface area contributed by atoms with Crippen molar-refractivity contribution in [2.75, 3.05) is 10.0 Å². The SMILES string of the molecule is NC1CCCC(C(=O)Nc2cccc(S(=O)(=O)Nc3ccccc3)c2)C1. The maximum Gasteiger partial charge on any atom is 0.261 e. The molecular formula is C19H23N3O3S. The highest BCUT2D eigenvalue weighted by Crippen LogP contribution is 2.25. The van der Waals surface area contributed by atoms with E-state index in [0.29, 0.717) is 17.8 Å². The molecular weight excluding hydrogens is 350 g/mol. The Balaban J connectivity index is 1.72. The van der Waals surface area contributed by atoms with Crippen LogP contribution in [-0.2, 0) is 14.8 Å². The summed E-state index contributed by atoms with van der Waals surface area (Å²) in [5, 5.41) is 2.82. The summed E-state index contributed by atoms with van der Waals surface area (Å²) < 4.78 is 27.6. The lowest BCUT2D eigenvalue weighted by atomic mass is 9.85. The molecule has 2 aromatic carbocycles. The first-order valence-corrected chi connectivity index (χ1v) is 10.2. The van der Waals surface area contributed by atoms with E-state index < -0.39 is 10.0 Å². The number of para-hydroxylation sites is 1. The van der Waals surface area contributed by atoms with Crippen LogP contribution in [0, 0.1) is 5.92 Å². The molecule has 0 radical (unpaired) electrons. The van der Waals surface area contributed by atoms with Crippen LogP contribution >= 0.6 is 0 Å². The van der Waals surface area contributed by atoms with Crippen LogP contribution in [-0.4, -0.2) is 20.4 Å². The molecule has 0 heterocycles. The monoisotopic (exact) mass is 373 g/mol. The topological polar surface area (TPSA) is 101 Å². The van der Waals surface area contributed by atoms with Gasteiger partial charge in [0.1, 0.15) is 0 Å². The molecule has 0 spiro atoms. The first kappa shape index (κ1) is 18.4. The lowest BCUT2D eigenvalue weighted by Crippen LogP contribution is -2.34. The highest BCUT2D eigenvalue weighted by Gasteiger charge is 2.25. The average molecular weight is 373 g/mol. The third-order valence-electron chi connectivity index (χ3n) is 4.52. The molecule has 2 aromatic rings. The number of carbonyl (C=O) groups excluding carboxylic acids is 1. The summed E-state index contributed by atoms with van der Waals surface area (Å²) in [6.07, 6.45) is 3.36. The largest absolute Gasteiger partial charge is 0.328 e. The third kappa shape index (κ3) is 4.62. The Morgan fingerprint density at radius 1 is 1.00 bits per heavy atom. The highest BCUT2D eigenvalue weighted by atomic mass is 32.2. The van der Waals surface area contributed by atoms with Gasteiger partial charge in [0, 0.05) is 23.3 Å². The Morgan fingerprint density at radius 2 is 1.73 bits per heavy atom. The molecule has 0 aliphatic heterocycles. The second kappa shape index (κ2) is 7.88. The van der Waals surface area contributed by atoms with Gasteiger partial charge in [0.2, 0.25) is 5.91 Å². The fourth-order valence-corrected chi connectivity index (χ4v) is 4.28. The van der Waals surface area contributed by atoms with Gasteiger partial charge in [0.05, 0.1) is 4.90 Å². The zero-order valence-electron chi connectivity index (χ0n) is 14.4. The van der Waals surface area contributed by atoms with E-state index >= 15 is 0 Å². The summed E-state index contributed by atoms with van der Waals surface area (Å²) in [5.41, 5.74) is 6.89. The van der Waals surface area contributed by atoms with E-state index in [1.165, 1.54) is 12.1 Å². The molecule has 0 saturated heterocycles. The lowest BCUT2D eigenvalue weighted by molar-refractivity contribution is -0.120. The number of hydrogen-bond acceptors (Lipinski definition) is 4. The van der Waals surface area contributed by atoms with Crippen LogP contribution in [0.5, 0.6) is 0 Å². The van der Waals surface area contributed by atoms with E-state index in [-0.39, 0.29) is 22.8 Å². The van der Waals surface area contributed by atoms with E-state index in [9.17, 15) is 13.2 Å². The van der Waals surface area contributed by atoms with Crippen LogP contribution in [0.1, 0.15) is 25.7 Å². The summed E-state index contributed by atoms with van der Waals surface area (Å²) in [4.78, 5) is 12.5. The molecule has 1 aliphatic rings. The Labute approximate surface area is 153 Å². The van der Waals surface area contributed by atoms with Gasteiger partial charge in [-0.2, -0.15) is 0 Å². The molecule has 0 aromatic heterocycles. The molecule has 1 aliphatic carbocycles. The van der Waals surface area contributed by atoms with E-state index in [0.717, 1.165) is 19.3 Å². The Bertz CT molecular complexity index is 869. The van der Waals surface area contributed by atoms with Crippen LogP contribution in [0.25, 0.3) is 0 Å². The van der Waals surface area contributed by atoms with Gasteiger partial charge in [-0.1, -0.05) is 30.7 Å². The van der Waals surface area contributed by atoms with Gasteiger partial charge < -0.3 is 11.1 Å². The number of carbonyl (C=O) groups is 1. The number of rotatable bonds is 5. The normalized spacial score (nSPS) is 20.3. The van der Waals surface area contributed by atoms with E-state index in [2.05, 4.69) is 10.0 Å². The molecule has 1 saturated carbocycles. The second-order valence-electron chi connectivity index (χ2n) is 6.61. The number of nitrogens with two attached hydrogens (primary N) is 1. The quantitative estimate of drug-likeness (QED) is 0.750. The van der Waals surface area contributed by atoms with Crippen molar-refractivity contribution >= 4 is 27.3 Å². The second-order valence-corrected chi connectivity index (χ2v) is 8.29. The predicted molar refractivity (Wildman–Crippen MR) is 102 cm³/mol. The van der Waals surface area contributed by atoms with Crippen molar-refractivity contribution in [3.8, 4) is 0 Å². The van der Waals surface area contributed by atoms with Crippen LogP contribution in [0.4, 0.5) is 11.4 Å². The standard InChI is InChI=1S/C19H23N3O3S/c20-15-7-4-6-14(12-15)19(23)21-17-10-5-11-18(13-17)26(24,25)22-16-8-2-1-3-9-16/h1-3,5,8-11,13-15,22H,4,6-7,12,20H2,(H,21,23). The number of benzene rings is 2. The minimum atomic E-state index is -3.73. The molecule has 7 heteroatoms. The Hall–Kier alpha value is -2.38. The fourth-order valence-electron chi connectivity index (χ4n) is 3.17. The minimum absolute atomic E-state index is 0.0567. The van der Waals surface area contributed by atoms with Crippen LogP contribution < -0.4 is 15.8 Å². The van der Waals surface area contributed by atoms with E-state index in [1.54, 1.807) is 36.4 Å². The van der Waals surface area contributed by atoms with Gasteiger partial charge >= 0.3 is 0 Å². The van der Waals surface area contributed by atoms with Crippen LogP contribution in [0.15, 0.2) is 59.5 Å². The first-order chi connectivity index (χ1) is 12.4. The van der Waals surface area contributed by atoms with Gasteiger partial charge in [0.15, 0.2) is 0 Å². The summed E-state index contributed by atoms with van der Waals surface area (Å²) >= 11 is 0. The molecule has 1 amide bonds. The summed E-state index contributed by atoms with van der Waals surface area (Å²) in [6.45, 7) is 0. The number of amides is 1. The van der Waals surface area contributed by atoms with E-state index in [1.807, 2.05) is 6.07 Å². The molecule has 138 valence electrons. The molecule has 0 bridgehead atoms. The van der Waals surface area contributed by atoms with Crippen molar-refractivity contribution in [3.05, 3.63) is 54.6 Å². The molecule has 4 N–H and O–H groups in total. The number of nitrogens with one attached hydrogen (secondary N) is 2. The predicted octanol–water partition coefficient (Wildman–Crippen LogP) is 2.94. The number of hydrogen-bond donors (Lipinski definition) is 3. The zero-order chi connectivity index (χ0) is 18.6. The van der Waals surface area contributed by atoms with Gasteiger partial charge in [-0.25, -0.2) is 8.42 Å². The zero-order valence-corrected chi connectivity index (χ0v) is 15.2. The summed E-state index contributed by atoms with van der Waals surface area (Å²) in [7, 11) is -3.73. The third-order valence-corrected chi connectivity index (χ3v) is 5.90. The van der Waals surface area contributed by atoms with Gasteiger partial charge in [0.25, 0.3) is 10.0 Å². The maximum absolute atomic E-state index is 12.5. The maximum atomic E-state index is 12.5. The minimum Gasteiger partial charge on any atom is -0.328 e. The van der Waals surface area contributed by atoms with Crippen molar-refractivity contribution in [1.29, 1.82) is 0 Å². The average Bonchev–Trinajstić information content (AvgIpc) is 2.62. The highest BCUT2D eigenvalue weighted by molar-refractivity contribution is 7.92. The number of anilines is 2. The molecule has 26 heavy (non-hydrogen) atoms. The lowest BCUT2D eigenvalue weighted by Gasteiger charge is -2.25. The molecule has 2 unspecified atom stereocenters. The van der Waals surface area contributed by atoms with Crippen molar-refractivity contribution in [2.45, 2.75) is 36.6 Å². The van der Waals surface area contributed by atoms with Crippen molar-refractivity contribution in [3.63, 3.8) is 0 Å². The van der Waals surface area contributed by atoms with Crippen molar-refractivity contribution in [1.82, 2.24) is 0 Å². The molecule has 1 fully saturated rings. The smallest absolute Gasteiger partial charge is 0.261 e. The molecule has 2 atom stereocenters. The van der Waals surface area contributed by atoms with Crippen LogP contribution in [0.3, 0.4) is 0 Å². The van der Waals surface area contributed by atoms with Crippen molar-refractivity contribution < 1.29 is 13.2 Å². The van der Waals surface area contributed by atoms with Gasteiger partial charge in [-0.05, 0) is 49.6 Å². The number of sulfonamides is 1. The van der Waals surface area contributed by atoms with Crippen LogP contribution in [0.2, 0.25) is 0 Å². The molecule has 6 nitrogen and oxygen atoms in total. The summed E-state index contributed by atoms with van der Waals surface area (Å²) in [5.74, 6) is -0.229. The van der Waals surface area contributed by atoms with Gasteiger partial charge in [-0.15, -0.1) is 0 Å². The Kier molecular flexibility index (Phi) is 5.58. The van der Waals surface area contributed by atoms with Gasteiger partial charge in [-0.3, -0.25) is 9.52 Å².